The predicted molar refractivity (Wildman–Crippen MR) is 62.2 cm³/mol. The van der Waals surface area contributed by atoms with Gasteiger partial charge in [-0.05, 0) is 43.2 Å². The number of hydrogen-bond donors (Lipinski definition) is 1. The molecular formula is C12H18O2S. The molecule has 1 N–H and O–H groups in total. The molecule has 1 saturated heterocycles. The van der Waals surface area contributed by atoms with Gasteiger partial charge in [-0.1, -0.05) is 0 Å². The van der Waals surface area contributed by atoms with E-state index in [4.69, 9.17) is 4.74 Å². The molecule has 3 heteroatoms. The van der Waals surface area contributed by atoms with Crippen LogP contribution >= 0.6 is 11.3 Å². The SMILES string of the molecule is Cc1ccsc1C(O)CC1CCCCO1. The molecule has 0 bridgehead atoms. The third kappa shape index (κ3) is 2.80. The van der Waals surface area contributed by atoms with Gasteiger partial charge in [-0.3, -0.25) is 0 Å². The number of aryl methyl sites for hydroxylation is 1. The summed E-state index contributed by atoms with van der Waals surface area (Å²) in [7, 11) is 0. The lowest BCUT2D eigenvalue weighted by Crippen LogP contribution is -2.21. The van der Waals surface area contributed by atoms with Crippen LogP contribution in [0.3, 0.4) is 0 Å². The van der Waals surface area contributed by atoms with E-state index in [-0.39, 0.29) is 12.2 Å². The molecule has 0 aromatic carbocycles. The zero-order chi connectivity index (χ0) is 10.7. The molecule has 2 unspecified atom stereocenters. The third-order valence-corrected chi connectivity index (χ3v) is 4.08. The molecule has 2 nitrogen and oxygen atoms in total. The van der Waals surface area contributed by atoms with Crippen molar-refractivity contribution >= 4 is 11.3 Å². The highest BCUT2D eigenvalue weighted by atomic mass is 32.1. The average molecular weight is 226 g/mol. The van der Waals surface area contributed by atoms with Crippen LogP contribution in [0, 0.1) is 6.92 Å². The van der Waals surface area contributed by atoms with E-state index >= 15 is 0 Å². The summed E-state index contributed by atoms with van der Waals surface area (Å²) in [5.74, 6) is 0. The highest BCUT2D eigenvalue weighted by molar-refractivity contribution is 7.10. The Labute approximate surface area is 94.9 Å². The monoisotopic (exact) mass is 226 g/mol. The molecule has 15 heavy (non-hydrogen) atoms. The summed E-state index contributed by atoms with van der Waals surface area (Å²) < 4.78 is 5.63. The minimum absolute atomic E-state index is 0.259. The van der Waals surface area contributed by atoms with Crippen molar-refractivity contribution in [3.63, 3.8) is 0 Å². The van der Waals surface area contributed by atoms with Crippen LogP contribution in [-0.2, 0) is 4.74 Å². The van der Waals surface area contributed by atoms with Gasteiger partial charge >= 0.3 is 0 Å². The van der Waals surface area contributed by atoms with Gasteiger partial charge in [0.15, 0.2) is 0 Å². The van der Waals surface area contributed by atoms with Gasteiger partial charge in [-0.2, -0.15) is 0 Å². The second-order valence-corrected chi connectivity index (χ2v) is 5.16. The Morgan fingerprint density at radius 2 is 2.47 bits per heavy atom. The lowest BCUT2D eigenvalue weighted by molar-refractivity contribution is -0.0150. The number of thiophene rings is 1. The zero-order valence-electron chi connectivity index (χ0n) is 9.11. The zero-order valence-corrected chi connectivity index (χ0v) is 9.93. The molecule has 1 aromatic rings. The third-order valence-electron chi connectivity index (χ3n) is 2.96. The van der Waals surface area contributed by atoms with Crippen LogP contribution < -0.4 is 0 Å². The van der Waals surface area contributed by atoms with Crippen molar-refractivity contribution in [1.82, 2.24) is 0 Å². The maximum atomic E-state index is 10.1. The summed E-state index contributed by atoms with van der Waals surface area (Å²) in [5, 5.41) is 12.1. The van der Waals surface area contributed by atoms with E-state index in [1.54, 1.807) is 11.3 Å². The predicted octanol–water partition coefficient (Wildman–Crippen LogP) is 3.05. The summed E-state index contributed by atoms with van der Waals surface area (Å²) in [6.45, 7) is 2.91. The van der Waals surface area contributed by atoms with Crippen LogP contribution in [0.15, 0.2) is 11.4 Å². The summed E-state index contributed by atoms with van der Waals surface area (Å²) in [6, 6.07) is 2.06. The first kappa shape index (κ1) is 11.1. The van der Waals surface area contributed by atoms with Crippen LogP contribution in [-0.4, -0.2) is 17.8 Å². The van der Waals surface area contributed by atoms with Gasteiger partial charge in [0.2, 0.25) is 0 Å². The molecule has 1 aliphatic heterocycles. The van der Waals surface area contributed by atoms with Gasteiger partial charge in [0.25, 0.3) is 0 Å². The Morgan fingerprint density at radius 1 is 1.60 bits per heavy atom. The highest BCUT2D eigenvalue weighted by Gasteiger charge is 2.20. The van der Waals surface area contributed by atoms with Gasteiger partial charge in [-0.15, -0.1) is 11.3 Å². The first-order valence-electron chi connectivity index (χ1n) is 5.61. The molecular weight excluding hydrogens is 208 g/mol. The molecule has 0 saturated carbocycles. The molecule has 2 atom stereocenters. The fourth-order valence-electron chi connectivity index (χ4n) is 2.08. The fraction of sp³-hybridized carbons (Fsp3) is 0.667. The van der Waals surface area contributed by atoms with Crippen molar-refractivity contribution in [2.45, 2.75) is 44.8 Å². The molecule has 0 amide bonds. The average Bonchev–Trinajstić information content (AvgIpc) is 2.66. The lowest BCUT2D eigenvalue weighted by Gasteiger charge is -2.24. The maximum Gasteiger partial charge on any atom is 0.0909 e. The minimum Gasteiger partial charge on any atom is -0.387 e. The molecule has 84 valence electrons. The number of aliphatic hydroxyl groups excluding tert-OH is 1. The molecule has 1 aliphatic rings. The number of ether oxygens (including phenoxy) is 1. The van der Waals surface area contributed by atoms with Crippen molar-refractivity contribution in [1.29, 1.82) is 0 Å². The fourth-order valence-corrected chi connectivity index (χ4v) is 3.00. The highest BCUT2D eigenvalue weighted by Crippen LogP contribution is 2.29. The normalized spacial score (nSPS) is 24.0. The summed E-state index contributed by atoms with van der Waals surface area (Å²) in [4.78, 5) is 1.10. The number of aliphatic hydroxyl groups is 1. The lowest BCUT2D eigenvalue weighted by atomic mass is 10.0. The standard InChI is InChI=1S/C12H18O2S/c1-9-5-7-15-12(9)11(13)8-10-4-2-3-6-14-10/h5,7,10-11,13H,2-4,6,8H2,1H3. The summed E-state index contributed by atoms with van der Waals surface area (Å²) >= 11 is 1.64. The van der Waals surface area contributed by atoms with Crippen molar-refractivity contribution in [3.8, 4) is 0 Å². The van der Waals surface area contributed by atoms with Crippen LogP contribution in [0.1, 0.15) is 42.2 Å². The Balaban J connectivity index is 1.91. The Bertz CT molecular complexity index is 302. The van der Waals surface area contributed by atoms with Crippen molar-refractivity contribution in [2.24, 2.45) is 0 Å². The van der Waals surface area contributed by atoms with Gasteiger partial charge in [0.05, 0.1) is 12.2 Å². The molecule has 0 aliphatic carbocycles. The quantitative estimate of drug-likeness (QED) is 0.858. The molecule has 2 heterocycles. The van der Waals surface area contributed by atoms with Crippen LogP contribution in [0.25, 0.3) is 0 Å². The Kier molecular flexibility index (Phi) is 3.78. The largest absolute Gasteiger partial charge is 0.387 e. The second kappa shape index (κ2) is 5.10. The van der Waals surface area contributed by atoms with Crippen LogP contribution in [0.4, 0.5) is 0 Å². The van der Waals surface area contributed by atoms with E-state index in [2.05, 4.69) is 13.0 Å². The van der Waals surface area contributed by atoms with E-state index < -0.39 is 0 Å². The van der Waals surface area contributed by atoms with Gasteiger partial charge < -0.3 is 9.84 Å². The smallest absolute Gasteiger partial charge is 0.0909 e. The van der Waals surface area contributed by atoms with Crippen LogP contribution in [0.5, 0.6) is 0 Å². The molecule has 2 rings (SSSR count). The van der Waals surface area contributed by atoms with E-state index in [1.807, 2.05) is 5.38 Å². The van der Waals surface area contributed by atoms with E-state index in [1.165, 1.54) is 18.4 Å². The first-order chi connectivity index (χ1) is 7.27. The van der Waals surface area contributed by atoms with E-state index in [0.717, 1.165) is 24.3 Å². The second-order valence-electron chi connectivity index (χ2n) is 4.21. The first-order valence-corrected chi connectivity index (χ1v) is 6.49. The molecule has 0 spiro atoms. The molecule has 0 radical (unpaired) electrons. The molecule has 1 aromatic heterocycles. The topological polar surface area (TPSA) is 29.5 Å². The maximum absolute atomic E-state index is 10.1. The Morgan fingerprint density at radius 3 is 3.07 bits per heavy atom. The van der Waals surface area contributed by atoms with Crippen molar-refractivity contribution in [2.75, 3.05) is 6.61 Å². The number of hydrogen-bond acceptors (Lipinski definition) is 3. The molecule has 1 fully saturated rings. The van der Waals surface area contributed by atoms with Crippen molar-refractivity contribution < 1.29 is 9.84 Å². The minimum atomic E-state index is -0.340. The number of rotatable bonds is 3. The summed E-state index contributed by atoms with van der Waals surface area (Å²) in [5.41, 5.74) is 1.20. The summed E-state index contributed by atoms with van der Waals surface area (Å²) in [6.07, 6.45) is 4.18. The van der Waals surface area contributed by atoms with Crippen LogP contribution in [0.2, 0.25) is 0 Å². The van der Waals surface area contributed by atoms with E-state index in [0.29, 0.717) is 0 Å². The van der Waals surface area contributed by atoms with Gasteiger partial charge in [0, 0.05) is 17.9 Å². The van der Waals surface area contributed by atoms with Crippen molar-refractivity contribution in [3.05, 3.63) is 21.9 Å². The van der Waals surface area contributed by atoms with E-state index in [9.17, 15) is 5.11 Å². The van der Waals surface area contributed by atoms with Gasteiger partial charge in [-0.25, -0.2) is 0 Å². The Hall–Kier alpha value is -0.380. The van der Waals surface area contributed by atoms with Gasteiger partial charge in [0.1, 0.15) is 0 Å².